The monoisotopic (exact) mass is 629 g/mol. The van der Waals surface area contributed by atoms with Crippen molar-refractivity contribution in [3.05, 3.63) is 53.1 Å². The maximum Gasteiger partial charge on any atom is 0.490 e. The van der Waals surface area contributed by atoms with Crippen LogP contribution in [0.4, 0.5) is 24.5 Å². The lowest BCUT2D eigenvalue weighted by Crippen LogP contribution is -2.44. The number of alkyl halides is 3. The zero-order chi connectivity index (χ0) is 32.5. The number of anilines is 2. The molecule has 2 aromatic carbocycles. The molecule has 43 heavy (non-hydrogen) atoms. The van der Waals surface area contributed by atoms with Crippen molar-refractivity contribution in [3.63, 3.8) is 0 Å². The van der Waals surface area contributed by atoms with E-state index in [9.17, 15) is 31.2 Å². The highest BCUT2D eigenvalue weighted by Gasteiger charge is 2.38. The number of benzene rings is 2. The Morgan fingerprint density at radius 2 is 1.60 bits per heavy atom. The Balaban J connectivity index is 0.000000821. The van der Waals surface area contributed by atoms with Crippen molar-refractivity contribution in [2.24, 2.45) is 0 Å². The summed E-state index contributed by atoms with van der Waals surface area (Å²) in [6.07, 6.45) is -5.08. The minimum Gasteiger partial charge on any atom is -0.475 e. The van der Waals surface area contributed by atoms with Crippen molar-refractivity contribution in [2.75, 3.05) is 62.5 Å². The third-order valence-electron chi connectivity index (χ3n) is 6.64. The molecule has 11 nitrogen and oxygen atoms in total. The van der Waals surface area contributed by atoms with Crippen molar-refractivity contribution in [2.45, 2.75) is 38.8 Å². The first-order valence-corrected chi connectivity index (χ1v) is 15.0. The summed E-state index contributed by atoms with van der Waals surface area (Å²) in [7, 11) is -2.32. The summed E-state index contributed by atoms with van der Waals surface area (Å²) >= 11 is 0. The maximum atomic E-state index is 13.4. The van der Waals surface area contributed by atoms with Crippen LogP contribution in [0.1, 0.15) is 35.3 Å². The number of carbonyl (C=O) groups is 3. The Hall–Kier alpha value is -3.85. The third-order valence-corrected chi connectivity index (χ3v) is 8.17. The van der Waals surface area contributed by atoms with Crippen molar-refractivity contribution in [3.8, 4) is 0 Å². The zero-order valence-electron chi connectivity index (χ0n) is 24.8. The van der Waals surface area contributed by atoms with Gasteiger partial charge in [-0.25, -0.2) is 13.2 Å². The van der Waals surface area contributed by atoms with E-state index in [1.807, 2.05) is 26.8 Å². The summed E-state index contributed by atoms with van der Waals surface area (Å²) in [5.74, 6) is -3.24. The standard InChI is InChI=1S/C26H37N5O4S.C2HF3O2/c1-6-30(7-2)25(32)18-29(5)26(33)21-9-10-23(31-14-12-27-13-15-31)22(17-21)28-36(34,35)24-11-8-19(3)16-20(24)4;3-2(4,5)1(6)7/h8-11,16-17,27-28H,6-7,12-15,18H2,1-5H3;(H,6,7). The van der Waals surface area contributed by atoms with Crippen LogP contribution < -0.4 is 14.9 Å². The van der Waals surface area contributed by atoms with E-state index in [0.29, 0.717) is 48.7 Å². The predicted octanol–water partition coefficient (Wildman–Crippen LogP) is 3.09. The van der Waals surface area contributed by atoms with E-state index < -0.39 is 22.2 Å². The van der Waals surface area contributed by atoms with Crippen molar-refractivity contribution in [1.29, 1.82) is 0 Å². The van der Waals surface area contributed by atoms with Crippen LogP contribution in [0.15, 0.2) is 41.3 Å². The molecular weight excluding hydrogens is 591 g/mol. The van der Waals surface area contributed by atoms with E-state index in [2.05, 4.69) is 14.9 Å². The number of nitrogens with zero attached hydrogens (tertiary/aromatic N) is 3. The first kappa shape index (κ1) is 35.3. The van der Waals surface area contributed by atoms with Crippen LogP contribution in [0.5, 0.6) is 0 Å². The number of aryl methyl sites for hydroxylation is 2. The SMILES string of the molecule is CCN(CC)C(=O)CN(C)C(=O)c1ccc(N2CCNCC2)c(NS(=O)(=O)c2ccc(C)cc2C)c1.O=C(O)C(F)(F)F. The molecule has 0 atom stereocenters. The number of sulfonamides is 1. The fraction of sp³-hybridized carbons (Fsp3) is 0.464. The van der Waals surface area contributed by atoms with Crippen LogP contribution in [-0.2, 0) is 19.6 Å². The largest absolute Gasteiger partial charge is 0.490 e. The van der Waals surface area contributed by atoms with Crippen LogP contribution in [-0.4, -0.2) is 100 Å². The van der Waals surface area contributed by atoms with Gasteiger partial charge in [-0.15, -0.1) is 0 Å². The average molecular weight is 630 g/mol. The molecule has 1 saturated heterocycles. The molecule has 1 aliphatic rings. The van der Waals surface area contributed by atoms with Gasteiger partial charge in [-0.2, -0.15) is 13.2 Å². The van der Waals surface area contributed by atoms with Crippen molar-refractivity contribution >= 4 is 39.2 Å². The minimum atomic E-state index is -5.08. The Morgan fingerprint density at radius 3 is 2.12 bits per heavy atom. The molecule has 0 radical (unpaired) electrons. The number of carboxylic acid groups (broad SMARTS) is 1. The smallest absolute Gasteiger partial charge is 0.475 e. The fourth-order valence-corrected chi connectivity index (χ4v) is 5.70. The van der Waals surface area contributed by atoms with Gasteiger partial charge in [-0.3, -0.25) is 14.3 Å². The van der Waals surface area contributed by atoms with E-state index in [1.54, 1.807) is 49.2 Å². The molecule has 3 N–H and O–H groups in total. The number of carboxylic acids is 1. The van der Waals surface area contributed by atoms with Gasteiger partial charge in [0.2, 0.25) is 5.91 Å². The lowest BCUT2D eigenvalue weighted by Gasteiger charge is -2.31. The summed E-state index contributed by atoms with van der Waals surface area (Å²) in [4.78, 5) is 39.9. The molecular formula is C28H38F3N5O6S. The predicted molar refractivity (Wildman–Crippen MR) is 157 cm³/mol. The molecule has 2 aromatic rings. The minimum absolute atomic E-state index is 0.0519. The van der Waals surface area contributed by atoms with E-state index in [-0.39, 0.29) is 23.3 Å². The number of carbonyl (C=O) groups excluding carboxylic acids is 2. The fourth-order valence-electron chi connectivity index (χ4n) is 4.40. The molecule has 0 aliphatic carbocycles. The molecule has 0 bridgehead atoms. The van der Waals surface area contributed by atoms with Crippen LogP contribution in [0.2, 0.25) is 0 Å². The number of hydrogen-bond acceptors (Lipinski definition) is 7. The Labute approximate surface area is 249 Å². The van der Waals surface area contributed by atoms with Gasteiger partial charge in [-0.05, 0) is 57.5 Å². The van der Waals surface area contributed by atoms with Gasteiger partial charge in [0.05, 0.1) is 22.8 Å². The quantitative estimate of drug-likeness (QED) is 0.385. The molecule has 1 heterocycles. The summed E-state index contributed by atoms with van der Waals surface area (Å²) in [5, 5.41) is 10.4. The second-order valence-electron chi connectivity index (χ2n) is 9.87. The Kier molecular flexibility index (Phi) is 12.4. The van der Waals surface area contributed by atoms with Crippen LogP contribution in [0.3, 0.4) is 0 Å². The van der Waals surface area contributed by atoms with E-state index in [1.165, 1.54) is 4.90 Å². The highest BCUT2D eigenvalue weighted by atomic mass is 32.2. The van der Waals surface area contributed by atoms with E-state index in [4.69, 9.17) is 9.90 Å². The van der Waals surface area contributed by atoms with E-state index in [0.717, 1.165) is 18.7 Å². The number of piperazine rings is 1. The lowest BCUT2D eigenvalue weighted by molar-refractivity contribution is -0.192. The molecule has 0 spiro atoms. The second kappa shape index (κ2) is 15.0. The molecule has 3 rings (SSSR count). The van der Waals surface area contributed by atoms with Gasteiger partial charge >= 0.3 is 12.1 Å². The van der Waals surface area contributed by atoms with Gasteiger partial charge in [0.15, 0.2) is 0 Å². The van der Waals surface area contributed by atoms with Crippen LogP contribution >= 0.6 is 0 Å². The number of likely N-dealkylation sites (N-methyl/N-ethyl adjacent to an activating group) is 2. The van der Waals surface area contributed by atoms with Gasteiger partial charge in [0, 0.05) is 51.9 Å². The number of aliphatic carboxylic acids is 1. The van der Waals surface area contributed by atoms with Gasteiger partial charge in [0.25, 0.3) is 15.9 Å². The molecule has 15 heteroatoms. The molecule has 1 fully saturated rings. The number of rotatable bonds is 9. The average Bonchev–Trinajstić information content (AvgIpc) is 2.93. The first-order valence-electron chi connectivity index (χ1n) is 13.5. The summed E-state index contributed by atoms with van der Waals surface area (Å²) in [6, 6.07) is 10.2. The number of amides is 2. The van der Waals surface area contributed by atoms with Gasteiger partial charge in [-0.1, -0.05) is 17.7 Å². The topological polar surface area (TPSA) is 139 Å². The van der Waals surface area contributed by atoms with Crippen molar-refractivity contribution < 1.29 is 41.1 Å². The van der Waals surface area contributed by atoms with Crippen LogP contribution in [0.25, 0.3) is 0 Å². The number of nitrogens with one attached hydrogen (secondary N) is 2. The lowest BCUT2D eigenvalue weighted by atomic mass is 10.1. The maximum absolute atomic E-state index is 13.4. The number of halogens is 3. The molecule has 2 amide bonds. The normalized spacial score (nSPS) is 13.4. The molecule has 0 unspecified atom stereocenters. The number of hydrogen-bond donors (Lipinski definition) is 3. The highest BCUT2D eigenvalue weighted by molar-refractivity contribution is 7.92. The molecule has 0 saturated carbocycles. The zero-order valence-corrected chi connectivity index (χ0v) is 25.6. The molecule has 0 aromatic heterocycles. The van der Waals surface area contributed by atoms with Gasteiger partial charge < -0.3 is 25.1 Å². The third kappa shape index (κ3) is 9.85. The Bertz CT molecular complexity index is 1410. The van der Waals surface area contributed by atoms with Crippen molar-refractivity contribution in [1.82, 2.24) is 15.1 Å². The first-order chi connectivity index (χ1) is 20.0. The van der Waals surface area contributed by atoms with E-state index >= 15 is 0 Å². The second-order valence-corrected chi connectivity index (χ2v) is 11.5. The Morgan fingerprint density at radius 1 is 1.02 bits per heavy atom. The highest BCUT2D eigenvalue weighted by Crippen LogP contribution is 2.31. The molecule has 1 aliphatic heterocycles. The summed E-state index contributed by atoms with van der Waals surface area (Å²) in [6.45, 7) is 11.5. The summed E-state index contributed by atoms with van der Waals surface area (Å²) in [5.41, 5.74) is 2.98. The van der Waals surface area contributed by atoms with Crippen LogP contribution in [0, 0.1) is 13.8 Å². The molecule has 238 valence electrons. The van der Waals surface area contributed by atoms with Gasteiger partial charge in [0.1, 0.15) is 0 Å². The summed E-state index contributed by atoms with van der Waals surface area (Å²) < 4.78 is 61.2.